The molecule has 1 N–H and O–H groups in total. The topological polar surface area (TPSA) is 24.9 Å². The van der Waals surface area contributed by atoms with E-state index in [0.717, 1.165) is 28.0 Å². The maximum atomic E-state index is 12.4. The van der Waals surface area contributed by atoms with Crippen LogP contribution < -0.4 is 5.32 Å². The van der Waals surface area contributed by atoms with Gasteiger partial charge in [-0.05, 0) is 23.1 Å². The first-order chi connectivity index (χ1) is 9.16. The lowest BCUT2D eigenvalue weighted by atomic mass is 9.87. The number of alkyl halides is 3. The zero-order valence-corrected chi connectivity index (χ0v) is 12.2. The van der Waals surface area contributed by atoms with Crippen molar-refractivity contribution in [1.29, 1.82) is 0 Å². The standard InChI is InChI=1S/C14H15F3N2S/c1-13(2,3)9-4-6-10(7-5-9)18-12-19-11(8-20-12)14(15,16)17/h4-8H,1-3H3,(H,18,19). The van der Waals surface area contributed by atoms with Gasteiger partial charge in [0.25, 0.3) is 0 Å². The average Bonchev–Trinajstić information content (AvgIpc) is 2.77. The van der Waals surface area contributed by atoms with Crippen LogP contribution in [-0.2, 0) is 11.6 Å². The van der Waals surface area contributed by atoms with Gasteiger partial charge in [-0.25, -0.2) is 4.98 Å². The van der Waals surface area contributed by atoms with Crippen molar-refractivity contribution in [2.45, 2.75) is 32.4 Å². The molecule has 0 unspecified atom stereocenters. The van der Waals surface area contributed by atoms with Gasteiger partial charge in [-0.2, -0.15) is 13.2 Å². The van der Waals surface area contributed by atoms with Crippen LogP contribution in [0.1, 0.15) is 32.0 Å². The van der Waals surface area contributed by atoms with E-state index in [2.05, 4.69) is 31.1 Å². The van der Waals surface area contributed by atoms with E-state index in [1.807, 2.05) is 24.3 Å². The summed E-state index contributed by atoms with van der Waals surface area (Å²) >= 11 is 0.939. The molecule has 0 saturated heterocycles. The molecule has 1 aromatic carbocycles. The monoisotopic (exact) mass is 300 g/mol. The maximum Gasteiger partial charge on any atom is 0.434 e. The highest BCUT2D eigenvalue weighted by molar-refractivity contribution is 7.13. The van der Waals surface area contributed by atoms with Crippen molar-refractivity contribution >= 4 is 22.2 Å². The van der Waals surface area contributed by atoms with Gasteiger partial charge in [-0.1, -0.05) is 32.9 Å². The van der Waals surface area contributed by atoms with Crippen molar-refractivity contribution < 1.29 is 13.2 Å². The minimum atomic E-state index is -4.40. The molecule has 0 fully saturated rings. The Balaban J connectivity index is 2.13. The van der Waals surface area contributed by atoms with E-state index in [4.69, 9.17) is 0 Å². The van der Waals surface area contributed by atoms with Crippen LogP contribution in [0.15, 0.2) is 29.6 Å². The molecule has 2 nitrogen and oxygen atoms in total. The Morgan fingerprint density at radius 1 is 1.05 bits per heavy atom. The number of hydrogen-bond donors (Lipinski definition) is 1. The predicted octanol–water partition coefficient (Wildman–Crippen LogP) is 5.20. The number of nitrogens with one attached hydrogen (secondary N) is 1. The molecule has 20 heavy (non-hydrogen) atoms. The number of hydrogen-bond acceptors (Lipinski definition) is 3. The van der Waals surface area contributed by atoms with Crippen molar-refractivity contribution in [2.75, 3.05) is 5.32 Å². The van der Waals surface area contributed by atoms with Crippen LogP contribution in [0.4, 0.5) is 24.0 Å². The Morgan fingerprint density at radius 3 is 2.10 bits per heavy atom. The van der Waals surface area contributed by atoms with E-state index in [9.17, 15) is 13.2 Å². The highest BCUT2D eigenvalue weighted by Gasteiger charge is 2.33. The van der Waals surface area contributed by atoms with E-state index >= 15 is 0 Å². The van der Waals surface area contributed by atoms with Crippen LogP contribution in [0, 0.1) is 0 Å². The summed E-state index contributed by atoms with van der Waals surface area (Å²) in [7, 11) is 0. The maximum absolute atomic E-state index is 12.4. The Kier molecular flexibility index (Phi) is 3.77. The Hall–Kier alpha value is -1.56. The molecule has 0 saturated carbocycles. The minimum Gasteiger partial charge on any atom is -0.332 e. The number of anilines is 2. The van der Waals surface area contributed by atoms with Gasteiger partial charge in [-0.15, -0.1) is 11.3 Å². The molecule has 2 aromatic rings. The lowest BCUT2D eigenvalue weighted by Crippen LogP contribution is -2.10. The largest absolute Gasteiger partial charge is 0.434 e. The number of aromatic nitrogens is 1. The normalized spacial score (nSPS) is 12.5. The molecule has 0 atom stereocenters. The molecule has 2 rings (SSSR count). The van der Waals surface area contributed by atoms with Crippen LogP contribution in [0.3, 0.4) is 0 Å². The average molecular weight is 300 g/mol. The van der Waals surface area contributed by atoms with Gasteiger partial charge < -0.3 is 5.32 Å². The van der Waals surface area contributed by atoms with Crippen molar-refractivity contribution in [3.8, 4) is 0 Å². The molecule has 0 spiro atoms. The number of thiazole rings is 1. The van der Waals surface area contributed by atoms with Gasteiger partial charge in [0.1, 0.15) is 0 Å². The summed E-state index contributed by atoms with van der Waals surface area (Å²) in [4.78, 5) is 3.53. The van der Waals surface area contributed by atoms with Crippen LogP contribution >= 0.6 is 11.3 Å². The Morgan fingerprint density at radius 2 is 1.65 bits per heavy atom. The third kappa shape index (κ3) is 3.50. The molecule has 108 valence electrons. The molecule has 0 amide bonds. The quantitative estimate of drug-likeness (QED) is 0.824. The summed E-state index contributed by atoms with van der Waals surface area (Å²) in [5.41, 5.74) is 1.07. The minimum absolute atomic E-state index is 0.0448. The molecule has 1 heterocycles. The third-order valence-corrected chi connectivity index (χ3v) is 3.55. The highest BCUT2D eigenvalue weighted by Crippen LogP contribution is 2.33. The smallest absolute Gasteiger partial charge is 0.332 e. The lowest BCUT2D eigenvalue weighted by molar-refractivity contribution is -0.140. The van der Waals surface area contributed by atoms with E-state index in [1.54, 1.807) is 0 Å². The molecule has 0 aliphatic rings. The fourth-order valence-electron chi connectivity index (χ4n) is 1.64. The second kappa shape index (κ2) is 5.09. The first kappa shape index (κ1) is 14.8. The number of halogens is 3. The predicted molar refractivity (Wildman–Crippen MR) is 75.5 cm³/mol. The van der Waals surface area contributed by atoms with Crippen molar-refractivity contribution in [1.82, 2.24) is 4.98 Å². The van der Waals surface area contributed by atoms with Gasteiger partial charge in [-0.3, -0.25) is 0 Å². The molecule has 0 bridgehead atoms. The van der Waals surface area contributed by atoms with E-state index < -0.39 is 11.9 Å². The summed E-state index contributed by atoms with van der Waals surface area (Å²) in [6.07, 6.45) is -4.40. The Labute approximate surface area is 119 Å². The second-order valence-electron chi connectivity index (χ2n) is 5.49. The number of benzene rings is 1. The zero-order chi connectivity index (χ0) is 15.0. The van der Waals surface area contributed by atoms with E-state index in [1.165, 1.54) is 0 Å². The summed E-state index contributed by atoms with van der Waals surface area (Å²) < 4.78 is 37.3. The van der Waals surface area contributed by atoms with Crippen LogP contribution in [0.2, 0.25) is 0 Å². The summed E-state index contributed by atoms with van der Waals surface area (Å²) in [5, 5.41) is 4.13. The molecule has 0 aliphatic carbocycles. The fraction of sp³-hybridized carbons (Fsp3) is 0.357. The molecule has 0 radical (unpaired) electrons. The van der Waals surface area contributed by atoms with Crippen molar-refractivity contribution in [3.05, 3.63) is 40.9 Å². The zero-order valence-electron chi connectivity index (χ0n) is 11.4. The van der Waals surface area contributed by atoms with Crippen molar-refractivity contribution in [3.63, 3.8) is 0 Å². The molecule has 1 aromatic heterocycles. The van der Waals surface area contributed by atoms with Crippen LogP contribution in [0.5, 0.6) is 0 Å². The van der Waals surface area contributed by atoms with Gasteiger partial charge in [0.05, 0.1) is 0 Å². The fourth-order valence-corrected chi connectivity index (χ4v) is 2.38. The van der Waals surface area contributed by atoms with Crippen molar-refractivity contribution in [2.24, 2.45) is 0 Å². The van der Waals surface area contributed by atoms with E-state index in [0.29, 0.717) is 0 Å². The summed E-state index contributed by atoms with van der Waals surface area (Å²) in [6, 6.07) is 7.60. The molecule has 6 heteroatoms. The SMILES string of the molecule is CC(C)(C)c1ccc(Nc2nc(C(F)(F)F)cs2)cc1. The van der Waals surface area contributed by atoms with Gasteiger partial charge in [0.15, 0.2) is 10.8 Å². The van der Waals surface area contributed by atoms with Gasteiger partial charge in [0.2, 0.25) is 0 Å². The van der Waals surface area contributed by atoms with E-state index in [-0.39, 0.29) is 10.5 Å². The second-order valence-corrected chi connectivity index (χ2v) is 6.35. The molecular formula is C14H15F3N2S. The number of rotatable bonds is 2. The third-order valence-electron chi connectivity index (χ3n) is 2.80. The highest BCUT2D eigenvalue weighted by atomic mass is 32.1. The van der Waals surface area contributed by atoms with Crippen LogP contribution in [0.25, 0.3) is 0 Å². The van der Waals surface area contributed by atoms with Gasteiger partial charge >= 0.3 is 6.18 Å². The van der Waals surface area contributed by atoms with Crippen LogP contribution in [-0.4, -0.2) is 4.98 Å². The lowest BCUT2D eigenvalue weighted by Gasteiger charge is -2.19. The number of nitrogens with zero attached hydrogens (tertiary/aromatic N) is 1. The Bertz CT molecular complexity index is 580. The summed E-state index contributed by atoms with van der Waals surface area (Å²) in [6.45, 7) is 6.31. The molecule has 0 aliphatic heterocycles. The molecular weight excluding hydrogens is 285 g/mol. The van der Waals surface area contributed by atoms with Gasteiger partial charge in [0, 0.05) is 11.1 Å². The summed E-state index contributed by atoms with van der Waals surface area (Å²) in [5.74, 6) is 0. The first-order valence-electron chi connectivity index (χ1n) is 6.06. The first-order valence-corrected chi connectivity index (χ1v) is 6.94.